The Morgan fingerprint density at radius 2 is 1.89 bits per heavy atom. The minimum absolute atomic E-state index is 0.362. The maximum atomic E-state index is 14.5. The number of morpholine rings is 1. The fourth-order valence-corrected chi connectivity index (χ4v) is 3.15. The Hall–Kier alpha value is -2.90. The lowest BCUT2D eigenvalue weighted by molar-refractivity contribution is 0.102. The van der Waals surface area contributed by atoms with Gasteiger partial charge in [0, 0.05) is 30.0 Å². The van der Waals surface area contributed by atoms with Gasteiger partial charge in [-0.1, -0.05) is 11.6 Å². The molecule has 1 saturated heterocycles. The van der Waals surface area contributed by atoms with E-state index in [1.54, 1.807) is 47.3 Å². The van der Waals surface area contributed by atoms with Crippen molar-refractivity contribution in [2.24, 2.45) is 0 Å². The second kappa shape index (κ2) is 8.00. The predicted molar refractivity (Wildman–Crippen MR) is 106 cm³/mol. The number of aromatic nitrogens is 2. The fraction of sp³-hybridized carbons (Fsp3) is 0.200. The van der Waals surface area contributed by atoms with Crippen LogP contribution >= 0.6 is 11.6 Å². The van der Waals surface area contributed by atoms with Crippen molar-refractivity contribution in [3.05, 3.63) is 71.3 Å². The van der Waals surface area contributed by atoms with E-state index in [4.69, 9.17) is 16.3 Å². The zero-order valence-corrected chi connectivity index (χ0v) is 15.7. The molecular weight excluding hydrogens is 383 g/mol. The molecule has 1 N–H and O–H groups in total. The van der Waals surface area contributed by atoms with E-state index in [1.165, 1.54) is 12.3 Å². The highest BCUT2D eigenvalue weighted by atomic mass is 35.5. The van der Waals surface area contributed by atoms with Crippen LogP contribution in [0, 0.1) is 5.82 Å². The Labute approximate surface area is 166 Å². The van der Waals surface area contributed by atoms with Gasteiger partial charge in [0.15, 0.2) is 0 Å². The minimum Gasteiger partial charge on any atom is -0.378 e. The summed E-state index contributed by atoms with van der Waals surface area (Å²) in [5.74, 6) is -0.740. The average Bonchev–Trinajstić information content (AvgIpc) is 3.20. The monoisotopic (exact) mass is 400 g/mol. The van der Waals surface area contributed by atoms with Crippen LogP contribution in [-0.4, -0.2) is 42.0 Å². The van der Waals surface area contributed by atoms with Crippen molar-refractivity contribution >= 4 is 28.9 Å². The first-order valence-corrected chi connectivity index (χ1v) is 9.22. The minimum atomic E-state index is -0.378. The Kier molecular flexibility index (Phi) is 5.27. The maximum absolute atomic E-state index is 14.5. The highest BCUT2D eigenvalue weighted by Gasteiger charge is 2.16. The normalized spacial score (nSPS) is 14.1. The van der Waals surface area contributed by atoms with Gasteiger partial charge in [0.05, 0.1) is 36.3 Å². The van der Waals surface area contributed by atoms with Gasteiger partial charge in [-0.25, -0.2) is 9.07 Å². The van der Waals surface area contributed by atoms with Gasteiger partial charge in [-0.3, -0.25) is 4.79 Å². The van der Waals surface area contributed by atoms with Crippen LogP contribution in [0.15, 0.2) is 54.9 Å². The van der Waals surface area contributed by atoms with Crippen molar-refractivity contribution < 1.29 is 13.9 Å². The maximum Gasteiger partial charge on any atom is 0.258 e. The lowest BCUT2D eigenvalue weighted by atomic mass is 10.2. The number of nitrogens with zero attached hydrogens (tertiary/aromatic N) is 3. The smallest absolute Gasteiger partial charge is 0.258 e. The molecule has 2 aromatic carbocycles. The standard InChI is InChI=1S/C20H18ClFN4O2/c21-15-1-4-17(5-2-15)26-13-14(12-23-26)20(27)24-16-3-6-19(18(22)11-16)25-7-9-28-10-8-25/h1-6,11-13H,7-10H2,(H,24,27). The summed E-state index contributed by atoms with van der Waals surface area (Å²) in [7, 11) is 0. The first kappa shape index (κ1) is 18.5. The molecule has 1 fully saturated rings. The number of hydrogen-bond acceptors (Lipinski definition) is 4. The quantitative estimate of drug-likeness (QED) is 0.724. The van der Waals surface area contributed by atoms with Crippen LogP contribution in [0.3, 0.4) is 0 Å². The van der Waals surface area contributed by atoms with Crippen LogP contribution in [0.1, 0.15) is 10.4 Å². The molecule has 0 atom stereocenters. The van der Waals surface area contributed by atoms with Crippen LogP contribution in [0.2, 0.25) is 5.02 Å². The van der Waals surface area contributed by atoms with Gasteiger partial charge in [0.1, 0.15) is 5.82 Å². The molecule has 1 aliphatic heterocycles. The number of benzene rings is 2. The number of halogens is 2. The molecule has 1 aromatic heterocycles. The van der Waals surface area contributed by atoms with E-state index >= 15 is 0 Å². The zero-order valence-electron chi connectivity index (χ0n) is 14.9. The highest BCUT2D eigenvalue weighted by molar-refractivity contribution is 6.30. The topological polar surface area (TPSA) is 59.4 Å². The number of ether oxygens (including phenoxy) is 1. The highest BCUT2D eigenvalue weighted by Crippen LogP contribution is 2.24. The summed E-state index contributed by atoms with van der Waals surface area (Å²) in [6.45, 7) is 2.45. The fourth-order valence-electron chi connectivity index (χ4n) is 3.02. The van der Waals surface area contributed by atoms with Crippen LogP contribution in [-0.2, 0) is 4.74 Å². The second-order valence-corrected chi connectivity index (χ2v) is 6.81. The van der Waals surface area contributed by atoms with E-state index in [-0.39, 0.29) is 11.7 Å². The van der Waals surface area contributed by atoms with Gasteiger partial charge in [-0.15, -0.1) is 0 Å². The number of hydrogen-bond donors (Lipinski definition) is 1. The number of carbonyl (C=O) groups excluding carboxylic acids is 1. The summed E-state index contributed by atoms with van der Waals surface area (Å²) in [5, 5.41) is 7.52. The Morgan fingerprint density at radius 1 is 1.14 bits per heavy atom. The molecule has 0 bridgehead atoms. The summed E-state index contributed by atoms with van der Waals surface area (Å²) in [5.41, 5.74) is 2.05. The number of carbonyl (C=O) groups is 1. The second-order valence-electron chi connectivity index (χ2n) is 6.37. The molecule has 1 amide bonds. The number of rotatable bonds is 4. The van der Waals surface area contributed by atoms with Crippen molar-refractivity contribution in [3.63, 3.8) is 0 Å². The van der Waals surface area contributed by atoms with Crippen LogP contribution in [0.4, 0.5) is 15.8 Å². The molecule has 3 aromatic rings. The van der Waals surface area contributed by atoms with Crippen molar-refractivity contribution in [2.45, 2.75) is 0 Å². The molecule has 144 valence electrons. The zero-order chi connectivity index (χ0) is 19.5. The molecule has 28 heavy (non-hydrogen) atoms. The summed E-state index contributed by atoms with van der Waals surface area (Å²) in [4.78, 5) is 14.4. The lowest BCUT2D eigenvalue weighted by Crippen LogP contribution is -2.36. The van der Waals surface area contributed by atoms with Gasteiger partial charge in [0.25, 0.3) is 5.91 Å². The number of nitrogens with one attached hydrogen (secondary N) is 1. The first-order chi connectivity index (χ1) is 13.6. The molecule has 0 saturated carbocycles. The Morgan fingerprint density at radius 3 is 2.61 bits per heavy atom. The average molecular weight is 401 g/mol. The molecule has 0 aliphatic carbocycles. The van der Waals surface area contributed by atoms with Crippen LogP contribution < -0.4 is 10.2 Å². The summed E-state index contributed by atoms with van der Waals surface area (Å²) >= 11 is 5.88. The number of anilines is 2. The first-order valence-electron chi connectivity index (χ1n) is 8.84. The van der Waals surface area contributed by atoms with Crippen molar-refractivity contribution in [1.29, 1.82) is 0 Å². The van der Waals surface area contributed by atoms with Crippen LogP contribution in [0.25, 0.3) is 5.69 Å². The Bertz CT molecular complexity index is 984. The summed E-state index contributed by atoms with van der Waals surface area (Å²) < 4.78 is 21.4. The van der Waals surface area contributed by atoms with Gasteiger partial charge >= 0.3 is 0 Å². The van der Waals surface area contributed by atoms with Crippen molar-refractivity contribution in [3.8, 4) is 5.69 Å². The van der Waals surface area contributed by atoms with Gasteiger partial charge in [0.2, 0.25) is 0 Å². The van der Waals surface area contributed by atoms with Gasteiger partial charge in [-0.2, -0.15) is 5.10 Å². The molecule has 0 spiro atoms. The van der Waals surface area contributed by atoms with Crippen molar-refractivity contribution in [2.75, 3.05) is 36.5 Å². The van der Waals surface area contributed by atoms with E-state index in [9.17, 15) is 9.18 Å². The summed E-state index contributed by atoms with van der Waals surface area (Å²) in [6.07, 6.45) is 3.07. The van der Waals surface area contributed by atoms with E-state index in [0.717, 1.165) is 5.69 Å². The van der Waals surface area contributed by atoms with Crippen LogP contribution in [0.5, 0.6) is 0 Å². The molecule has 4 rings (SSSR count). The molecule has 1 aliphatic rings. The predicted octanol–water partition coefficient (Wildman–Crippen LogP) is 3.75. The molecule has 0 radical (unpaired) electrons. The third-order valence-corrected chi connectivity index (χ3v) is 4.75. The van der Waals surface area contributed by atoms with Crippen molar-refractivity contribution in [1.82, 2.24) is 9.78 Å². The third-order valence-electron chi connectivity index (χ3n) is 4.49. The third kappa shape index (κ3) is 4.00. The van der Waals surface area contributed by atoms with E-state index in [1.807, 2.05) is 4.90 Å². The largest absolute Gasteiger partial charge is 0.378 e. The SMILES string of the molecule is O=C(Nc1ccc(N2CCOCC2)c(F)c1)c1cnn(-c2ccc(Cl)cc2)c1. The molecular formula is C20H18ClFN4O2. The van der Waals surface area contributed by atoms with Gasteiger partial charge in [-0.05, 0) is 42.5 Å². The van der Waals surface area contributed by atoms with Gasteiger partial charge < -0.3 is 15.0 Å². The molecule has 8 heteroatoms. The molecule has 0 unspecified atom stereocenters. The lowest BCUT2D eigenvalue weighted by Gasteiger charge is -2.29. The summed E-state index contributed by atoms with van der Waals surface area (Å²) in [6, 6.07) is 11.8. The van der Waals surface area contributed by atoms with E-state index < -0.39 is 0 Å². The molecule has 6 nitrogen and oxygen atoms in total. The number of amides is 1. The van der Waals surface area contributed by atoms with E-state index in [0.29, 0.717) is 48.3 Å². The van der Waals surface area contributed by atoms with E-state index in [2.05, 4.69) is 10.4 Å². The molecule has 2 heterocycles. The Balaban J connectivity index is 1.46.